The van der Waals surface area contributed by atoms with Crippen molar-refractivity contribution in [3.05, 3.63) is 29.8 Å². The number of carbonyl (C=O) groups is 1. The van der Waals surface area contributed by atoms with Crippen LogP contribution in [0, 0.1) is 11.6 Å². The fourth-order valence-corrected chi connectivity index (χ4v) is 1.71. The Morgan fingerprint density at radius 1 is 1.25 bits per heavy atom. The molecule has 0 atom stereocenters. The molecule has 1 saturated heterocycles. The second-order valence-corrected chi connectivity index (χ2v) is 3.73. The lowest BCUT2D eigenvalue weighted by atomic mass is 10.3. The van der Waals surface area contributed by atoms with Gasteiger partial charge in [-0.05, 0) is 25.0 Å². The van der Waals surface area contributed by atoms with Crippen molar-refractivity contribution in [2.45, 2.75) is 12.8 Å². The van der Waals surface area contributed by atoms with Crippen LogP contribution in [0.2, 0.25) is 0 Å². The summed E-state index contributed by atoms with van der Waals surface area (Å²) < 4.78 is 26.1. The molecule has 2 rings (SSSR count). The molecule has 0 radical (unpaired) electrons. The van der Waals surface area contributed by atoms with E-state index >= 15 is 0 Å². The number of carbonyl (C=O) groups excluding carboxylic acids is 1. The highest BCUT2D eigenvalue weighted by Gasteiger charge is 2.19. The number of anilines is 1. The van der Waals surface area contributed by atoms with E-state index in [0.29, 0.717) is 13.1 Å². The maximum Gasteiger partial charge on any atom is 0.321 e. The Hall–Kier alpha value is -1.65. The van der Waals surface area contributed by atoms with E-state index in [-0.39, 0.29) is 11.7 Å². The summed E-state index contributed by atoms with van der Waals surface area (Å²) in [6.07, 6.45) is 1.91. The second kappa shape index (κ2) is 4.47. The van der Waals surface area contributed by atoms with E-state index in [4.69, 9.17) is 0 Å². The predicted octanol–water partition coefficient (Wildman–Crippen LogP) is 2.59. The van der Waals surface area contributed by atoms with Crippen LogP contribution in [0.25, 0.3) is 0 Å². The lowest BCUT2D eigenvalue weighted by molar-refractivity contribution is 0.222. The minimum absolute atomic E-state index is 0.114. The smallest absolute Gasteiger partial charge is 0.321 e. The Balaban J connectivity index is 2.08. The number of rotatable bonds is 1. The summed E-state index contributed by atoms with van der Waals surface area (Å²) in [5.41, 5.74) is -0.114. The maximum atomic E-state index is 13.2. The van der Waals surface area contributed by atoms with Crippen LogP contribution >= 0.6 is 0 Å². The SMILES string of the molecule is O=C(Nc1cccc(F)c1F)N1CCCC1. The fourth-order valence-electron chi connectivity index (χ4n) is 1.71. The molecule has 0 bridgehead atoms. The van der Waals surface area contributed by atoms with E-state index in [1.165, 1.54) is 12.1 Å². The van der Waals surface area contributed by atoms with Crippen LogP contribution in [0.1, 0.15) is 12.8 Å². The summed E-state index contributed by atoms with van der Waals surface area (Å²) in [6.45, 7) is 1.34. The van der Waals surface area contributed by atoms with Gasteiger partial charge in [0.15, 0.2) is 11.6 Å². The normalized spacial score (nSPS) is 15.2. The minimum Gasteiger partial charge on any atom is -0.325 e. The van der Waals surface area contributed by atoms with Gasteiger partial charge in [0.1, 0.15) is 0 Å². The number of halogens is 2. The molecule has 0 saturated carbocycles. The first-order chi connectivity index (χ1) is 7.68. The molecule has 1 N–H and O–H groups in total. The van der Waals surface area contributed by atoms with Crippen molar-refractivity contribution >= 4 is 11.7 Å². The molecule has 5 heteroatoms. The number of nitrogens with one attached hydrogen (secondary N) is 1. The summed E-state index contributed by atoms with van der Waals surface area (Å²) in [5.74, 6) is -1.98. The molecule has 1 aliphatic rings. The average molecular weight is 226 g/mol. The molecule has 1 fully saturated rings. The highest BCUT2D eigenvalue weighted by atomic mass is 19.2. The van der Waals surface area contributed by atoms with Crippen molar-refractivity contribution in [2.24, 2.45) is 0 Å². The van der Waals surface area contributed by atoms with Crippen molar-refractivity contribution in [2.75, 3.05) is 18.4 Å². The summed E-state index contributed by atoms with van der Waals surface area (Å²) >= 11 is 0. The monoisotopic (exact) mass is 226 g/mol. The number of likely N-dealkylation sites (tertiary alicyclic amines) is 1. The van der Waals surface area contributed by atoms with Crippen LogP contribution < -0.4 is 5.32 Å². The summed E-state index contributed by atoms with van der Waals surface area (Å²) in [5, 5.41) is 2.36. The van der Waals surface area contributed by atoms with E-state index in [1.54, 1.807) is 4.90 Å². The highest BCUT2D eigenvalue weighted by molar-refractivity contribution is 5.89. The van der Waals surface area contributed by atoms with Gasteiger partial charge >= 0.3 is 6.03 Å². The number of nitrogens with zero attached hydrogens (tertiary/aromatic N) is 1. The molecular weight excluding hydrogens is 214 g/mol. The molecule has 0 aromatic heterocycles. The first-order valence-corrected chi connectivity index (χ1v) is 5.18. The van der Waals surface area contributed by atoms with Gasteiger partial charge in [-0.15, -0.1) is 0 Å². The number of amides is 2. The van der Waals surface area contributed by atoms with Crippen molar-refractivity contribution in [1.29, 1.82) is 0 Å². The number of urea groups is 1. The molecule has 0 spiro atoms. The standard InChI is InChI=1S/C11H12F2N2O/c12-8-4-3-5-9(10(8)13)14-11(16)15-6-1-2-7-15/h3-5H,1-2,6-7H2,(H,14,16). The first-order valence-electron chi connectivity index (χ1n) is 5.18. The van der Waals surface area contributed by atoms with E-state index in [0.717, 1.165) is 18.9 Å². The largest absolute Gasteiger partial charge is 0.325 e. The van der Waals surface area contributed by atoms with E-state index in [9.17, 15) is 13.6 Å². The molecule has 1 heterocycles. The zero-order valence-corrected chi connectivity index (χ0v) is 8.67. The third kappa shape index (κ3) is 2.13. The molecule has 0 unspecified atom stereocenters. The molecule has 1 aromatic carbocycles. The Kier molecular flexibility index (Phi) is 3.03. The molecule has 16 heavy (non-hydrogen) atoms. The molecule has 3 nitrogen and oxygen atoms in total. The zero-order chi connectivity index (χ0) is 11.5. The minimum atomic E-state index is -1.02. The van der Waals surface area contributed by atoms with Crippen molar-refractivity contribution in [3.8, 4) is 0 Å². The lowest BCUT2D eigenvalue weighted by Gasteiger charge is -2.16. The van der Waals surface area contributed by atoms with Crippen LogP contribution in [-0.2, 0) is 0 Å². The Labute approximate surface area is 92.1 Å². The van der Waals surface area contributed by atoms with E-state index < -0.39 is 11.6 Å². The average Bonchev–Trinajstić information content (AvgIpc) is 2.78. The molecular formula is C11H12F2N2O. The van der Waals surface area contributed by atoms with Gasteiger partial charge < -0.3 is 10.2 Å². The van der Waals surface area contributed by atoms with Crippen molar-refractivity contribution in [1.82, 2.24) is 4.90 Å². The fraction of sp³-hybridized carbons (Fsp3) is 0.364. The Morgan fingerprint density at radius 3 is 2.62 bits per heavy atom. The van der Waals surface area contributed by atoms with Gasteiger partial charge in [-0.1, -0.05) is 6.07 Å². The van der Waals surface area contributed by atoms with E-state index in [1.807, 2.05) is 0 Å². The van der Waals surface area contributed by atoms with Gasteiger partial charge in [-0.2, -0.15) is 0 Å². The quantitative estimate of drug-likeness (QED) is 0.784. The van der Waals surface area contributed by atoms with Gasteiger partial charge in [-0.3, -0.25) is 0 Å². The number of hydrogen-bond acceptors (Lipinski definition) is 1. The molecule has 2 amide bonds. The lowest BCUT2D eigenvalue weighted by Crippen LogP contribution is -2.32. The summed E-state index contributed by atoms with van der Waals surface area (Å²) in [6, 6.07) is 3.34. The first kappa shape index (κ1) is 10.9. The van der Waals surface area contributed by atoms with Gasteiger partial charge in [0.25, 0.3) is 0 Å². The molecule has 1 aliphatic heterocycles. The third-order valence-electron chi connectivity index (χ3n) is 2.59. The van der Waals surface area contributed by atoms with Crippen LogP contribution in [0.5, 0.6) is 0 Å². The summed E-state index contributed by atoms with van der Waals surface area (Å²) in [7, 11) is 0. The Morgan fingerprint density at radius 2 is 1.94 bits per heavy atom. The highest BCUT2D eigenvalue weighted by Crippen LogP contribution is 2.18. The van der Waals surface area contributed by atoms with Gasteiger partial charge in [0.2, 0.25) is 0 Å². The zero-order valence-electron chi connectivity index (χ0n) is 8.67. The predicted molar refractivity (Wildman–Crippen MR) is 56.2 cm³/mol. The van der Waals surface area contributed by atoms with Gasteiger partial charge in [0, 0.05) is 13.1 Å². The number of benzene rings is 1. The third-order valence-corrected chi connectivity index (χ3v) is 2.59. The molecule has 0 aliphatic carbocycles. The summed E-state index contributed by atoms with van der Waals surface area (Å²) in [4.78, 5) is 13.2. The van der Waals surface area contributed by atoms with Gasteiger partial charge in [-0.25, -0.2) is 13.6 Å². The van der Waals surface area contributed by atoms with Crippen LogP contribution in [0.15, 0.2) is 18.2 Å². The van der Waals surface area contributed by atoms with Gasteiger partial charge in [0.05, 0.1) is 5.69 Å². The van der Waals surface area contributed by atoms with Crippen molar-refractivity contribution < 1.29 is 13.6 Å². The van der Waals surface area contributed by atoms with E-state index in [2.05, 4.69) is 5.32 Å². The second-order valence-electron chi connectivity index (χ2n) is 3.73. The molecule has 1 aromatic rings. The van der Waals surface area contributed by atoms with Crippen LogP contribution in [-0.4, -0.2) is 24.0 Å². The maximum absolute atomic E-state index is 13.2. The van der Waals surface area contributed by atoms with Crippen LogP contribution in [0.3, 0.4) is 0 Å². The van der Waals surface area contributed by atoms with Crippen molar-refractivity contribution in [3.63, 3.8) is 0 Å². The molecule has 86 valence electrons. The van der Waals surface area contributed by atoms with Crippen LogP contribution in [0.4, 0.5) is 19.3 Å². The number of hydrogen-bond donors (Lipinski definition) is 1. The topological polar surface area (TPSA) is 32.3 Å². The Bertz CT molecular complexity index is 403.